The zero-order valence-corrected chi connectivity index (χ0v) is 20.9. The smallest absolute Gasteiger partial charge is 0.254 e. The number of ether oxygens (including phenoxy) is 2. The molecule has 0 radical (unpaired) electrons. The van der Waals surface area contributed by atoms with Crippen LogP contribution in [0.4, 0.5) is 10.1 Å². The first kappa shape index (κ1) is 23.6. The highest BCUT2D eigenvalue weighted by Crippen LogP contribution is 2.40. The number of nitrogens with zero attached hydrogens (tertiary/aromatic N) is 5. The number of hydrogen-bond acceptors (Lipinski definition) is 7. The molecule has 6 rings (SSSR count). The molecule has 2 aliphatic rings. The van der Waals surface area contributed by atoms with Crippen molar-refractivity contribution in [2.45, 2.75) is 57.3 Å². The zero-order chi connectivity index (χ0) is 25.5. The summed E-state index contributed by atoms with van der Waals surface area (Å²) in [6, 6.07) is 11.7. The maximum Gasteiger partial charge on any atom is 0.254 e. The largest absolute Gasteiger partial charge is 0.497 e. The van der Waals surface area contributed by atoms with Gasteiger partial charge in [0.1, 0.15) is 17.6 Å². The molecule has 4 heterocycles. The van der Waals surface area contributed by atoms with Crippen LogP contribution in [0.2, 0.25) is 0 Å². The van der Waals surface area contributed by atoms with Crippen LogP contribution in [0.25, 0.3) is 10.9 Å². The molecule has 37 heavy (non-hydrogen) atoms. The molecule has 1 saturated heterocycles. The number of benzene rings is 2. The molecule has 2 aromatic heterocycles. The van der Waals surface area contributed by atoms with Crippen LogP contribution in [0.15, 0.2) is 47.3 Å². The average molecular weight is 505 g/mol. The number of nitrogens with one attached hydrogen (secondary N) is 1. The van der Waals surface area contributed by atoms with E-state index in [0.717, 1.165) is 48.9 Å². The Morgan fingerprint density at radius 3 is 2.92 bits per heavy atom. The second kappa shape index (κ2) is 9.59. The van der Waals surface area contributed by atoms with Crippen LogP contribution in [0.1, 0.15) is 49.2 Å². The molecule has 192 valence electrons. The Kier molecular flexibility index (Phi) is 6.11. The minimum atomic E-state index is -0.602. The molecule has 0 bridgehead atoms. The summed E-state index contributed by atoms with van der Waals surface area (Å²) in [4.78, 5) is 18.8. The van der Waals surface area contributed by atoms with Crippen LogP contribution in [0.5, 0.6) is 5.75 Å². The van der Waals surface area contributed by atoms with Gasteiger partial charge in [-0.3, -0.25) is 4.79 Å². The van der Waals surface area contributed by atoms with E-state index in [0.29, 0.717) is 29.2 Å². The van der Waals surface area contributed by atoms with Crippen molar-refractivity contribution >= 4 is 16.6 Å². The summed E-state index contributed by atoms with van der Waals surface area (Å²) in [7, 11) is 1.61. The summed E-state index contributed by atoms with van der Waals surface area (Å²) >= 11 is 0. The third kappa shape index (κ3) is 4.35. The molecular weight excluding hydrogens is 475 g/mol. The van der Waals surface area contributed by atoms with Crippen molar-refractivity contribution in [2.75, 3.05) is 18.6 Å². The van der Waals surface area contributed by atoms with Gasteiger partial charge < -0.3 is 19.4 Å². The van der Waals surface area contributed by atoms with Crippen LogP contribution >= 0.6 is 0 Å². The number of tetrazole rings is 1. The van der Waals surface area contributed by atoms with Gasteiger partial charge in [0, 0.05) is 34.8 Å². The summed E-state index contributed by atoms with van der Waals surface area (Å²) in [6.07, 6.45) is 3.51. The van der Waals surface area contributed by atoms with Crippen molar-refractivity contribution in [1.29, 1.82) is 0 Å². The van der Waals surface area contributed by atoms with E-state index in [4.69, 9.17) is 9.47 Å². The zero-order valence-electron chi connectivity index (χ0n) is 20.9. The topological polar surface area (TPSA) is 98.2 Å². The molecule has 2 aliphatic heterocycles. The second-order valence-electron chi connectivity index (χ2n) is 9.83. The Hall–Kier alpha value is -3.79. The Balaban J connectivity index is 1.55. The fourth-order valence-corrected chi connectivity index (χ4v) is 5.60. The number of pyridine rings is 1. The molecule has 3 atom stereocenters. The molecule has 0 spiro atoms. The van der Waals surface area contributed by atoms with Gasteiger partial charge in [-0.1, -0.05) is 0 Å². The average Bonchev–Trinajstić information content (AvgIpc) is 3.58. The van der Waals surface area contributed by atoms with Crippen molar-refractivity contribution in [2.24, 2.45) is 0 Å². The van der Waals surface area contributed by atoms with Gasteiger partial charge in [-0.25, -0.2) is 9.07 Å². The molecule has 2 aromatic carbocycles. The number of aromatic amines is 1. The van der Waals surface area contributed by atoms with Crippen molar-refractivity contribution in [3.63, 3.8) is 0 Å². The van der Waals surface area contributed by atoms with E-state index in [-0.39, 0.29) is 23.5 Å². The van der Waals surface area contributed by atoms with Crippen LogP contribution in [-0.4, -0.2) is 51.1 Å². The predicted molar refractivity (Wildman–Crippen MR) is 136 cm³/mol. The first-order valence-corrected chi connectivity index (χ1v) is 12.7. The van der Waals surface area contributed by atoms with Crippen LogP contribution in [0.3, 0.4) is 0 Å². The second-order valence-corrected chi connectivity index (χ2v) is 9.83. The number of anilines is 1. The fourth-order valence-electron chi connectivity index (χ4n) is 5.60. The van der Waals surface area contributed by atoms with Crippen molar-refractivity contribution in [1.82, 2.24) is 25.2 Å². The lowest BCUT2D eigenvalue weighted by molar-refractivity contribution is 0.0924. The molecule has 1 N–H and O–H groups in total. The van der Waals surface area contributed by atoms with Crippen molar-refractivity contribution in [3.05, 3.63) is 75.6 Å². The van der Waals surface area contributed by atoms with Crippen LogP contribution < -0.4 is 15.2 Å². The maximum atomic E-state index is 14.2. The number of fused-ring (bicyclic) bond motifs is 2. The van der Waals surface area contributed by atoms with E-state index in [2.05, 4.69) is 32.3 Å². The van der Waals surface area contributed by atoms with Gasteiger partial charge in [-0.2, -0.15) is 0 Å². The first-order chi connectivity index (χ1) is 18.0. The summed E-state index contributed by atoms with van der Waals surface area (Å²) < 4.78 is 27.2. The van der Waals surface area contributed by atoms with Crippen molar-refractivity contribution in [3.8, 4) is 5.75 Å². The van der Waals surface area contributed by atoms with Gasteiger partial charge in [0.15, 0.2) is 5.82 Å². The maximum absolute atomic E-state index is 14.2. The number of hydrogen-bond donors (Lipinski definition) is 1. The Morgan fingerprint density at radius 1 is 1.22 bits per heavy atom. The van der Waals surface area contributed by atoms with E-state index in [9.17, 15) is 9.18 Å². The summed E-state index contributed by atoms with van der Waals surface area (Å²) in [5, 5.41) is 13.6. The van der Waals surface area contributed by atoms with Gasteiger partial charge in [0.25, 0.3) is 5.56 Å². The van der Waals surface area contributed by atoms with Crippen LogP contribution in [-0.2, 0) is 17.7 Å². The number of halogens is 1. The molecule has 0 unspecified atom stereocenters. The predicted octanol–water partition coefficient (Wildman–Crippen LogP) is 3.77. The monoisotopic (exact) mass is 504 g/mol. The minimum Gasteiger partial charge on any atom is -0.497 e. The molecule has 0 amide bonds. The van der Waals surface area contributed by atoms with E-state index < -0.39 is 6.04 Å². The van der Waals surface area contributed by atoms with Gasteiger partial charge in [-0.05, 0) is 91.1 Å². The lowest BCUT2D eigenvalue weighted by Crippen LogP contribution is -2.44. The van der Waals surface area contributed by atoms with Gasteiger partial charge in [0.05, 0.1) is 19.8 Å². The summed E-state index contributed by atoms with van der Waals surface area (Å²) in [6.45, 7) is 3.34. The third-order valence-electron chi connectivity index (χ3n) is 7.48. The van der Waals surface area contributed by atoms with E-state index >= 15 is 0 Å². The molecule has 9 nitrogen and oxygen atoms in total. The SMILES string of the molecule is COc1ccc2[nH]c(=O)c([C@H](c3nnnn3C[C@H]3CCCO3)N3c4ccc(F)cc4CC[C@@H]3C)cc2c1. The highest BCUT2D eigenvalue weighted by Gasteiger charge is 2.37. The van der Waals surface area contributed by atoms with Gasteiger partial charge in [-0.15, -0.1) is 5.10 Å². The summed E-state index contributed by atoms with van der Waals surface area (Å²) in [5.74, 6) is 0.966. The standard InChI is InChI=1S/C27H29FN6O3/c1-16-5-6-17-12-19(28)7-10-24(17)34(16)25(26-30-31-32-33(26)15-21-4-3-11-37-21)22-14-18-13-20(36-2)8-9-23(18)29-27(22)35/h7-10,12-14,16,21,25H,3-6,11,15H2,1-2H3,(H,29,35)/t16-,21+,25+/m0/s1. The number of H-pyrrole nitrogens is 1. The van der Waals surface area contributed by atoms with E-state index in [1.165, 1.54) is 6.07 Å². The Morgan fingerprint density at radius 2 is 2.11 bits per heavy atom. The lowest BCUT2D eigenvalue weighted by Gasteiger charge is -2.42. The molecule has 10 heteroatoms. The van der Waals surface area contributed by atoms with Crippen LogP contribution in [0, 0.1) is 5.82 Å². The van der Waals surface area contributed by atoms with Gasteiger partial charge >= 0.3 is 0 Å². The lowest BCUT2D eigenvalue weighted by atomic mass is 9.92. The minimum absolute atomic E-state index is 0.0159. The molecular formula is C27H29FN6O3. The molecule has 0 aliphatic carbocycles. The molecule has 1 fully saturated rings. The highest BCUT2D eigenvalue weighted by molar-refractivity contribution is 5.81. The number of aromatic nitrogens is 5. The number of aryl methyl sites for hydroxylation is 1. The summed E-state index contributed by atoms with van der Waals surface area (Å²) in [5.41, 5.74) is 2.77. The van der Waals surface area contributed by atoms with Gasteiger partial charge in [0.2, 0.25) is 0 Å². The highest BCUT2D eigenvalue weighted by atomic mass is 19.1. The normalized spacial score (nSPS) is 20.2. The first-order valence-electron chi connectivity index (χ1n) is 12.7. The van der Waals surface area contributed by atoms with Crippen molar-refractivity contribution < 1.29 is 13.9 Å². The van der Waals surface area contributed by atoms with E-state index in [1.807, 2.05) is 24.3 Å². The fraction of sp³-hybridized carbons (Fsp3) is 0.407. The number of rotatable bonds is 6. The quantitative estimate of drug-likeness (QED) is 0.427. The third-order valence-corrected chi connectivity index (χ3v) is 7.48. The number of methoxy groups -OCH3 is 1. The Bertz CT molecular complexity index is 1500. The Labute approximate surface area is 213 Å². The molecule has 0 saturated carbocycles. The van der Waals surface area contributed by atoms with E-state index in [1.54, 1.807) is 23.9 Å². The molecule has 4 aromatic rings.